The summed E-state index contributed by atoms with van der Waals surface area (Å²) in [6.45, 7) is 1.91. The van der Waals surface area contributed by atoms with Crippen LogP contribution in [0.3, 0.4) is 0 Å². The Hall–Kier alpha value is -2.97. The average Bonchev–Trinajstić information content (AvgIpc) is 3.22. The van der Waals surface area contributed by atoms with E-state index in [0.717, 1.165) is 6.07 Å². The third-order valence-electron chi connectivity index (χ3n) is 5.61. The molecule has 0 spiro atoms. The fourth-order valence-corrected chi connectivity index (χ4v) is 4.43. The normalized spacial score (nSPS) is 29.1. The van der Waals surface area contributed by atoms with E-state index in [1.165, 1.54) is 34.9 Å². The van der Waals surface area contributed by atoms with E-state index in [4.69, 9.17) is 0 Å². The molecule has 4 atom stereocenters. The summed E-state index contributed by atoms with van der Waals surface area (Å²) in [6, 6.07) is 3.07. The van der Waals surface area contributed by atoms with Gasteiger partial charge in [0.05, 0.1) is 6.04 Å². The molecule has 0 radical (unpaired) electrons. The Morgan fingerprint density at radius 2 is 2.07 bits per heavy atom. The molecule has 4 rings (SSSR count). The zero-order valence-electron chi connectivity index (χ0n) is 15.4. The topological polar surface area (TPSA) is 98.8 Å². The molecule has 28 heavy (non-hydrogen) atoms. The van der Waals surface area contributed by atoms with E-state index >= 15 is 0 Å². The fourth-order valence-electron chi connectivity index (χ4n) is 4.43. The lowest BCUT2D eigenvalue weighted by Crippen LogP contribution is -2.52. The van der Waals surface area contributed by atoms with Crippen molar-refractivity contribution >= 4 is 23.6 Å². The first-order valence-corrected chi connectivity index (χ1v) is 9.29. The smallest absolute Gasteiger partial charge is 0.254 e. The second kappa shape index (κ2) is 6.88. The first kappa shape index (κ1) is 18.4. The van der Waals surface area contributed by atoms with Crippen LogP contribution in [0.15, 0.2) is 24.3 Å². The number of nitrogens with zero attached hydrogens (tertiary/aromatic N) is 2. The van der Waals surface area contributed by atoms with Crippen LogP contribution in [0.2, 0.25) is 0 Å². The Morgan fingerprint density at radius 1 is 1.29 bits per heavy atom. The molecule has 3 fully saturated rings. The highest BCUT2D eigenvalue weighted by molar-refractivity contribution is 6.00. The van der Waals surface area contributed by atoms with Gasteiger partial charge in [0.15, 0.2) is 0 Å². The molecule has 0 saturated carbocycles. The van der Waals surface area contributed by atoms with Crippen molar-refractivity contribution in [2.24, 2.45) is 0 Å². The molecule has 3 saturated heterocycles. The maximum Gasteiger partial charge on any atom is 0.254 e. The van der Waals surface area contributed by atoms with E-state index < -0.39 is 29.8 Å². The van der Waals surface area contributed by atoms with Crippen molar-refractivity contribution < 1.29 is 23.6 Å². The Bertz CT molecular complexity index is 860. The van der Waals surface area contributed by atoms with Gasteiger partial charge in [-0.3, -0.25) is 19.2 Å². The van der Waals surface area contributed by atoms with E-state index in [0.29, 0.717) is 19.4 Å². The first-order chi connectivity index (χ1) is 13.3. The van der Waals surface area contributed by atoms with Crippen LogP contribution >= 0.6 is 0 Å². The minimum Gasteiger partial charge on any atom is -0.352 e. The predicted octanol–water partition coefficient (Wildman–Crippen LogP) is -0.356. The summed E-state index contributed by atoms with van der Waals surface area (Å²) in [5.41, 5.74) is 0.165. The van der Waals surface area contributed by atoms with Gasteiger partial charge in [0.25, 0.3) is 5.91 Å². The number of benzene rings is 1. The number of fused-ring (bicyclic) bond motifs is 2. The van der Waals surface area contributed by atoms with Crippen LogP contribution in [0.4, 0.5) is 4.39 Å². The molecule has 0 bridgehead atoms. The van der Waals surface area contributed by atoms with Crippen LogP contribution in [-0.2, 0) is 14.4 Å². The zero-order valence-corrected chi connectivity index (χ0v) is 15.4. The standard InChI is InChI=1S/C19H21FN4O4/c1-10(25)21-13-8-15-17(26)22-14-5-6-23(16(14)19(28)24(15)9-13)18(27)11-3-2-4-12(20)7-11/h2-4,7,13-16H,5-6,8-9H2,1H3,(H,21,25)(H,22,26)/t13-,14-,15+,16+/m1/s1. The van der Waals surface area contributed by atoms with Crippen molar-refractivity contribution in [3.05, 3.63) is 35.6 Å². The Kier molecular flexibility index (Phi) is 4.52. The summed E-state index contributed by atoms with van der Waals surface area (Å²) in [7, 11) is 0. The molecule has 4 amide bonds. The Morgan fingerprint density at radius 3 is 2.79 bits per heavy atom. The molecule has 3 aliphatic rings. The molecular weight excluding hydrogens is 367 g/mol. The molecule has 3 heterocycles. The first-order valence-electron chi connectivity index (χ1n) is 9.29. The van der Waals surface area contributed by atoms with Crippen molar-refractivity contribution in [2.75, 3.05) is 13.1 Å². The number of nitrogens with one attached hydrogen (secondary N) is 2. The highest BCUT2D eigenvalue weighted by atomic mass is 19.1. The Labute approximate surface area is 161 Å². The molecular formula is C19H21FN4O4. The quantitative estimate of drug-likeness (QED) is 0.723. The summed E-state index contributed by atoms with van der Waals surface area (Å²) in [5.74, 6) is -1.78. The number of amides is 4. The van der Waals surface area contributed by atoms with Gasteiger partial charge in [-0.2, -0.15) is 0 Å². The number of rotatable bonds is 2. The average molecular weight is 388 g/mol. The van der Waals surface area contributed by atoms with Crippen molar-refractivity contribution in [3.63, 3.8) is 0 Å². The largest absolute Gasteiger partial charge is 0.352 e. The van der Waals surface area contributed by atoms with Crippen LogP contribution < -0.4 is 10.6 Å². The third kappa shape index (κ3) is 3.10. The van der Waals surface area contributed by atoms with Gasteiger partial charge in [-0.15, -0.1) is 0 Å². The van der Waals surface area contributed by atoms with Gasteiger partial charge < -0.3 is 20.4 Å². The lowest BCUT2D eigenvalue weighted by Gasteiger charge is -2.29. The van der Waals surface area contributed by atoms with Gasteiger partial charge in [0, 0.05) is 31.6 Å². The maximum absolute atomic E-state index is 13.5. The Balaban J connectivity index is 1.60. The van der Waals surface area contributed by atoms with E-state index in [9.17, 15) is 23.6 Å². The highest BCUT2D eigenvalue weighted by Gasteiger charge is 2.52. The van der Waals surface area contributed by atoms with E-state index in [-0.39, 0.29) is 35.9 Å². The number of hydrogen-bond acceptors (Lipinski definition) is 4. The molecule has 0 aliphatic carbocycles. The van der Waals surface area contributed by atoms with Crippen LogP contribution in [0.5, 0.6) is 0 Å². The van der Waals surface area contributed by atoms with Crippen molar-refractivity contribution in [1.82, 2.24) is 20.4 Å². The van der Waals surface area contributed by atoms with Gasteiger partial charge in [-0.1, -0.05) is 6.07 Å². The molecule has 148 valence electrons. The second-order valence-electron chi connectivity index (χ2n) is 7.50. The molecule has 3 aliphatic heterocycles. The highest BCUT2D eigenvalue weighted by Crippen LogP contribution is 2.30. The summed E-state index contributed by atoms with van der Waals surface area (Å²) in [5, 5.41) is 5.63. The van der Waals surface area contributed by atoms with Gasteiger partial charge in [-0.05, 0) is 31.0 Å². The van der Waals surface area contributed by atoms with Gasteiger partial charge in [-0.25, -0.2) is 4.39 Å². The third-order valence-corrected chi connectivity index (χ3v) is 5.61. The number of likely N-dealkylation sites (tertiary alicyclic amines) is 1. The van der Waals surface area contributed by atoms with Crippen LogP contribution in [-0.4, -0.2) is 70.7 Å². The zero-order chi connectivity index (χ0) is 20.0. The van der Waals surface area contributed by atoms with Crippen molar-refractivity contribution in [3.8, 4) is 0 Å². The number of carbonyl (C=O) groups excluding carboxylic acids is 4. The monoisotopic (exact) mass is 388 g/mol. The summed E-state index contributed by atoms with van der Waals surface area (Å²) >= 11 is 0. The van der Waals surface area contributed by atoms with Gasteiger partial charge in [0.2, 0.25) is 17.7 Å². The van der Waals surface area contributed by atoms with Crippen molar-refractivity contribution in [2.45, 2.75) is 43.9 Å². The molecule has 1 aromatic carbocycles. The number of carbonyl (C=O) groups is 4. The number of halogens is 1. The fraction of sp³-hybridized carbons (Fsp3) is 0.474. The lowest BCUT2D eigenvalue weighted by atomic mass is 10.1. The molecule has 0 unspecified atom stereocenters. The van der Waals surface area contributed by atoms with Crippen LogP contribution in [0, 0.1) is 5.82 Å². The van der Waals surface area contributed by atoms with Gasteiger partial charge in [0.1, 0.15) is 17.9 Å². The molecule has 1 aromatic rings. The molecule has 9 heteroatoms. The van der Waals surface area contributed by atoms with E-state index in [1.54, 1.807) is 0 Å². The minimum absolute atomic E-state index is 0.165. The van der Waals surface area contributed by atoms with Gasteiger partial charge >= 0.3 is 0 Å². The molecule has 2 N–H and O–H groups in total. The SMILES string of the molecule is CC(=O)N[C@@H]1C[C@H]2C(=O)N[C@@H]3CCN(C(=O)c4cccc(F)c4)[C@@H]3C(=O)N2C1. The van der Waals surface area contributed by atoms with Crippen molar-refractivity contribution in [1.29, 1.82) is 0 Å². The summed E-state index contributed by atoms with van der Waals surface area (Å²) in [4.78, 5) is 53.0. The lowest BCUT2D eigenvalue weighted by molar-refractivity contribution is -0.138. The second-order valence-corrected chi connectivity index (χ2v) is 7.50. The van der Waals surface area contributed by atoms with E-state index in [2.05, 4.69) is 10.6 Å². The van der Waals surface area contributed by atoms with E-state index in [1.807, 2.05) is 0 Å². The van der Waals surface area contributed by atoms with Crippen LogP contribution in [0.25, 0.3) is 0 Å². The maximum atomic E-state index is 13.5. The summed E-state index contributed by atoms with van der Waals surface area (Å²) < 4.78 is 13.5. The molecule has 0 aromatic heterocycles. The number of hydrogen-bond donors (Lipinski definition) is 2. The molecule has 8 nitrogen and oxygen atoms in total. The van der Waals surface area contributed by atoms with Crippen LogP contribution in [0.1, 0.15) is 30.1 Å². The predicted molar refractivity (Wildman–Crippen MR) is 95.5 cm³/mol. The summed E-state index contributed by atoms with van der Waals surface area (Å²) in [6.07, 6.45) is 0.799. The minimum atomic E-state index is -0.833.